The van der Waals surface area contributed by atoms with Crippen LogP contribution in [0.15, 0.2) is 18.2 Å². The van der Waals surface area contributed by atoms with Gasteiger partial charge in [-0.3, -0.25) is 5.41 Å². The molecule has 0 aliphatic carbocycles. The monoisotopic (exact) mass is 282 g/mol. The minimum absolute atomic E-state index is 0.0946. The average molecular weight is 283 g/mol. The van der Waals surface area contributed by atoms with E-state index in [4.69, 9.17) is 27.5 Å². The highest BCUT2D eigenvalue weighted by Crippen LogP contribution is 2.23. The summed E-state index contributed by atoms with van der Waals surface area (Å²) in [6, 6.07) is 4.26. The lowest BCUT2D eigenvalue weighted by Crippen LogP contribution is -2.20. The van der Waals surface area contributed by atoms with Gasteiger partial charge in [-0.15, -0.1) is 0 Å². The molecule has 0 fully saturated rings. The summed E-state index contributed by atoms with van der Waals surface area (Å²) in [7, 11) is 0. The fourth-order valence-electron chi connectivity index (χ4n) is 1.10. The molecule has 8 heteroatoms. The summed E-state index contributed by atoms with van der Waals surface area (Å²) in [6.45, 7) is -2.02. The molecule has 0 aliphatic rings. The van der Waals surface area contributed by atoms with Gasteiger partial charge < -0.3 is 15.2 Å². The topological polar surface area (TPSA) is 68.3 Å². The van der Waals surface area contributed by atoms with E-state index in [2.05, 4.69) is 4.74 Å². The molecule has 0 spiro atoms. The molecule has 1 aromatic rings. The predicted molar refractivity (Wildman–Crippen MR) is 60.0 cm³/mol. The van der Waals surface area contributed by atoms with Crippen LogP contribution in [0.3, 0.4) is 0 Å². The number of halogens is 4. The van der Waals surface area contributed by atoms with Gasteiger partial charge in [-0.25, -0.2) is 0 Å². The first kappa shape index (κ1) is 14.6. The number of hydrogen-bond acceptors (Lipinski definition) is 3. The number of benzene rings is 1. The van der Waals surface area contributed by atoms with Crippen molar-refractivity contribution in [1.29, 1.82) is 5.41 Å². The van der Waals surface area contributed by atoms with Crippen molar-refractivity contribution in [2.45, 2.75) is 6.18 Å². The van der Waals surface area contributed by atoms with Crippen molar-refractivity contribution in [2.24, 2.45) is 5.73 Å². The summed E-state index contributed by atoms with van der Waals surface area (Å²) >= 11 is 5.69. The normalized spacial score (nSPS) is 11.3. The fourth-order valence-corrected chi connectivity index (χ4v) is 1.26. The molecule has 100 valence electrons. The minimum Gasteiger partial charge on any atom is -0.467 e. The lowest BCUT2D eigenvalue weighted by Gasteiger charge is -2.12. The zero-order valence-corrected chi connectivity index (χ0v) is 9.81. The standard InChI is InChI=1S/C10H10ClF3N2O2/c11-6-1-2-7(9(15)16)8(3-6)18-5-17-4-10(12,13)14/h1-3H,4-5H2,(H3,15,16). The summed E-state index contributed by atoms with van der Waals surface area (Å²) in [5.41, 5.74) is 5.51. The van der Waals surface area contributed by atoms with E-state index in [1.165, 1.54) is 18.2 Å². The molecule has 0 heterocycles. The van der Waals surface area contributed by atoms with Gasteiger partial charge in [0.05, 0.1) is 5.56 Å². The highest BCUT2D eigenvalue weighted by molar-refractivity contribution is 6.30. The maximum absolute atomic E-state index is 11.8. The first-order valence-electron chi connectivity index (χ1n) is 4.71. The second-order valence-corrected chi connectivity index (χ2v) is 3.72. The molecule has 1 aromatic carbocycles. The Morgan fingerprint density at radius 2 is 2.06 bits per heavy atom. The van der Waals surface area contributed by atoms with Crippen LogP contribution in [-0.4, -0.2) is 25.4 Å². The van der Waals surface area contributed by atoms with Crippen LogP contribution < -0.4 is 10.5 Å². The molecule has 0 atom stereocenters. The lowest BCUT2D eigenvalue weighted by molar-refractivity contribution is -0.186. The van der Waals surface area contributed by atoms with Crippen LogP contribution in [0.4, 0.5) is 13.2 Å². The summed E-state index contributed by atoms with van der Waals surface area (Å²) < 4.78 is 44.6. The largest absolute Gasteiger partial charge is 0.467 e. The molecular weight excluding hydrogens is 273 g/mol. The number of nitrogens with one attached hydrogen (secondary N) is 1. The number of amidine groups is 1. The first-order valence-corrected chi connectivity index (χ1v) is 5.08. The van der Waals surface area contributed by atoms with Crippen LogP contribution in [-0.2, 0) is 4.74 Å². The molecule has 0 radical (unpaired) electrons. The summed E-state index contributed by atoms with van der Waals surface area (Å²) in [5, 5.41) is 7.57. The van der Waals surface area contributed by atoms with Crippen LogP contribution in [0.1, 0.15) is 5.56 Å². The molecule has 18 heavy (non-hydrogen) atoms. The number of alkyl halides is 3. The van der Waals surface area contributed by atoms with Crippen molar-refractivity contribution >= 4 is 17.4 Å². The zero-order valence-electron chi connectivity index (χ0n) is 9.05. The van der Waals surface area contributed by atoms with Gasteiger partial charge in [0.15, 0.2) is 6.79 Å². The minimum atomic E-state index is -4.42. The number of hydrogen-bond donors (Lipinski definition) is 2. The van der Waals surface area contributed by atoms with E-state index >= 15 is 0 Å². The smallest absolute Gasteiger partial charge is 0.411 e. The van der Waals surface area contributed by atoms with Gasteiger partial charge in [-0.1, -0.05) is 11.6 Å². The van der Waals surface area contributed by atoms with Crippen molar-refractivity contribution in [1.82, 2.24) is 0 Å². The SMILES string of the molecule is N=C(N)c1ccc(Cl)cc1OCOCC(F)(F)F. The van der Waals surface area contributed by atoms with Gasteiger partial charge in [0.25, 0.3) is 0 Å². The van der Waals surface area contributed by atoms with Gasteiger partial charge in [0, 0.05) is 5.02 Å². The van der Waals surface area contributed by atoms with Crippen molar-refractivity contribution in [3.63, 3.8) is 0 Å². The Balaban J connectivity index is 2.61. The Bertz CT molecular complexity index is 438. The fraction of sp³-hybridized carbons (Fsp3) is 0.300. The molecule has 1 rings (SSSR count). The number of nitrogen functional groups attached to an aromatic ring is 1. The Morgan fingerprint density at radius 3 is 2.61 bits per heavy atom. The Morgan fingerprint density at radius 1 is 1.39 bits per heavy atom. The van der Waals surface area contributed by atoms with E-state index in [1.807, 2.05) is 0 Å². The molecule has 3 N–H and O–H groups in total. The molecule has 0 unspecified atom stereocenters. The quantitative estimate of drug-likeness (QED) is 0.377. The van der Waals surface area contributed by atoms with Crippen molar-refractivity contribution in [3.8, 4) is 5.75 Å². The molecule has 0 saturated heterocycles. The Kier molecular flexibility index (Phi) is 4.80. The molecule has 0 aliphatic heterocycles. The van der Waals surface area contributed by atoms with E-state index in [0.29, 0.717) is 5.02 Å². The molecule has 4 nitrogen and oxygen atoms in total. The molecule has 0 bridgehead atoms. The third-order valence-corrected chi connectivity index (χ3v) is 2.03. The van der Waals surface area contributed by atoms with Gasteiger partial charge in [-0.05, 0) is 18.2 Å². The molecular formula is C10H10ClF3N2O2. The van der Waals surface area contributed by atoms with Crippen molar-refractivity contribution in [3.05, 3.63) is 28.8 Å². The van der Waals surface area contributed by atoms with Crippen LogP contribution in [0.5, 0.6) is 5.75 Å². The van der Waals surface area contributed by atoms with Gasteiger partial charge in [-0.2, -0.15) is 13.2 Å². The lowest BCUT2D eigenvalue weighted by atomic mass is 10.2. The second kappa shape index (κ2) is 5.92. The number of ether oxygens (including phenoxy) is 2. The van der Waals surface area contributed by atoms with E-state index in [-0.39, 0.29) is 17.1 Å². The zero-order chi connectivity index (χ0) is 13.8. The van der Waals surface area contributed by atoms with E-state index in [1.54, 1.807) is 0 Å². The Hall–Kier alpha value is -1.47. The number of nitrogens with two attached hydrogens (primary N) is 1. The highest BCUT2D eigenvalue weighted by Gasteiger charge is 2.27. The summed E-state index contributed by atoms with van der Waals surface area (Å²) in [4.78, 5) is 0. The van der Waals surface area contributed by atoms with Crippen molar-refractivity contribution in [2.75, 3.05) is 13.4 Å². The third-order valence-electron chi connectivity index (χ3n) is 1.80. The van der Waals surface area contributed by atoms with Crippen LogP contribution >= 0.6 is 11.6 Å². The van der Waals surface area contributed by atoms with E-state index in [0.717, 1.165) is 0 Å². The second-order valence-electron chi connectivity index (χ2n) is 3.28. The van der Waals surface area contributed by atoms with Gasteiger partial charge >= 0.3 is 6.18 Å². The molecule has 0 saturated carbocycles. The van der Waals surface area contributed by atoms with Gasteiger partial charge in [0.2, 0.25) is 0 Å². The first-order chi connectivity index (χ1) is 8.29. The summed E-state index contributed by atoms with van der Waals surface area (Å²) in [6.07, 6.45) is -4.42. The van der Waals surface area contributed by atoms with Crippen LogP contribution in [0.25, 0.3) is 0 Å². The maximum Gasteiger partial charge on any atom is 0.411 e. The van der Waals surface area contributed by atoms with E-state index in [9.17, 15) is 13.2 Å². The van der Waals surface area contributed by atoms with Crippen molar-refractivity contribution < 1.29 is 22.6 Å². The van der Waals surface area contributed by atoms with E-state index < -0.39 is 19.6 Å². The molecule has 0 amide bonds. The highest BCUT2D eigenvalue weighted by atomic mass is 35.5. The van der Waals surface area contributed by atoms with Crippen LogP contribution in [0.2, 0.25) is 5.02 Å². The Labute approximate surface area is 106 Å². The number of rotatable bonds is 5. The average Bonchev–Trinajstić information content (AvgIpc) is 2.22. The predicted octanol–water partition coefficient (Wildman–Crippen LogP) is 2.54. The van der Waals surface area contributed by atoms with Crippen LogP contribution in [0, 0.1) is 5.41 Å². The van der Waals surface area contributed by atoms with Gasteiger partial charge in [0.1, 0.15) is 18.2 Å². The third kappa shape index (κ3) is 4.80. The molecule has 0 aromatic heterocycles. The maximum atomic E-state index is 11.8. The summed E-state index contributed by atoms with van der Waals surface area (Å²) in [5.74, 6) is -0.185.